The van der Waals surface area contributed by atoms with Crippen molar-refractivity contribution in [1.82, 2.24) is 4.90 Å². The summed E-state index contributed by atoms with van der Waals surface area (Å²) >= 11 is 0. The lowest BCUT2D eigenvalue weighted by Crippen LogP contribution is -2.54. The second-order valence-electron chi connectivity index (χ2n) is 10.8. The fourth-order valence-electron chi connectivity index (χ4n) is 5.67. The number of carboxylic acids is 1. The molecule has 0 aromatic carbocycles. The van der Waals surface area contributed by atoms with E-state index in [9.17, 15) is 9.90 Å². The fourth-order valence-corrected chi connectivity index (χ4v) is 12.9. The smallest absolute Gasteiger partial charge is 0.479 e. The Kier molecular flexibility index (Phi) is 17.1. The first kappa shape index (κ1) is 34.7. The largest absolute Gasteiger partial charge is 0.500 e. The molecule has 1 N–H and O–H groups in total. The third kappa shape index (κ3) is 10.5. The van der Waals surface area contributed by atoms with Gasteiger partial charge >= 0.3 is 14.8 Å². The number of hydrogen-bond donors (Lipinski definition) is 1. The predicted octanol–water partition coefficient (Wildman–Crippen LogP) is 6.42. The average Bonchev–Trinajstić information content (AvgIpc) is 2.80. The minimum absolute atomic E-state index is 0.336. The normalized spacial score (nSPS) is 14.9. The molecular formula is C26H57NO6Si2. The molecular weight excluding hydrogens is 478 g/mol. The molecule has 2 unspecified atom stereocenters. The molecule has 0 rings (SSSR count). The van der Waals surface area contributed by atoms with Crippen LogP contribution in [0, 0.1) is 5.92 Å². The number of aliphatic carboxylic acids is 1. The van der Waals surface area contributed by atoms with Crippen LogP contribution in [0.25, 0.3) is 0 Å². The summed E-state index contributed by atoms with van der Waals surface area (Å²) in [5, 5.41) is 10.2. The highest BCUT2D eigenvalue weighted by atomic mass is 28.4. The maximum absolute atomic E-state index is 12.5. The molecule has 0 aliphatic heterocycles. The zero-order valence-corrected chi connectivity index (χ0v) is 26.7. The van der Waals surface area contributed by atoms with Gasteiger partial charge in [-0.3, -0.25) is 4.90 Å². The molecule has 0 aliphatic carbocycles. The first-order valence-corrected chi connectivity index (χ1v) is 17.7. The van der Waals surface area contributed by atoms with E-state index in [0.29, 0.717) is 35.1 Å². The van der Waals surface area contributed by atoms with Crippen molar-refractivity contribution in [3.63, 3.8) is 0 Å². The van der Waals surface area contributed by atoms with Crippen LogP contribution in [0.2, 0.25) is 22.7 Å². The van der Waals surface area contributed by atoms with Gasteiger partial charge in [0, 0.05) is 40.5 Å². The summed E-state index contributed by atoms with van der Waals surface area (Å²) in [4.78, 5) is 14.8. The molecule has 210 valence electrons. The van der Waals surface area contributed by atoms with Crippen molar-refractivity contribution < 1.29 is 27.6 Å². The molecule has 0 radical (unpaired) electrons. The standard InChI is InChI=1S/C26H57NO6Si2/c1-12-14-16-24(13-2)19-27(17-15-18-34(30-9,31-10)32-11)20-25(26(28)29)33-35(21(3)4,22(5)6)23(7)8/h21-25H,12-20H2,1-11H3,(H,28,29). The Morgan fingerprint density at radius 3 is 1.74 bits per heavy atom. The molecule has 9 heteroatoms. The molecule has 0 saturated heterocycles. The third-order valence-corrected chi connectivity index (χ3v) is 16.6. The lowest BCUT2D eigenvalue weighted by Gasteiger charge is -2.44. The Labute approximate surface area is 218 Å². The summed E-state index contributed by atoms with van der Waals surface area (Å²) in [5.41, 5.74) is 1.01. The Bertz CT molecular complexity index is 542. The van der Waals surface area contributed by atoms with E-state index in [4.69, 9.17) is 17.7 Å². The monoisotopic (exact) mass is 535 g/mol. The van der Waals surface area contributed by atoms with Crippen LogP contribution in [-0.4, -0.2) is 80.2 Å². The average molecular weight is 536 g/mol. The highest BCUT2D eigenvalue weighted by Gasteiger charge is 2.48. The van der Waals surface area contributed by atoms with Crippen molar-refractivity contribution in [2.75, 3.05) is 41.0 Å². The van der Waals surface area contributed by atoms with E-state index in [1.807, 2.05) is 0 Å². The van der Waals surface area contributed by atoms with Crippen molar-refractivity contribution in [3.8, 4) is 0 Å². The molecule has 7 nitrogen and oxygen atoms in total. The van der Waals surface area contributed by atoms with Crippen molar-refractivity contribution in [2.45, 2.75) is 116 Å². The molecule has 0 aromatic heterocycles. The number of nitrogens with zero attached hydrogens (tertiary/aromatic N) is 1. The van der Waals surface area contributed by atoms with E-state index in [2.05, 4.69) is 60.3 Å². The van der Waals surface area contributed by atoms with E-state index in [1.165, 1.54) is 12.8 Å². The predicted molar refractivity (Wildman–Crippen MR) is 150 cm³/mol. The number of hydrogen-bond acceptors (Lipinski definition) is 6. The summed E-state index contributed by atoms with van der Waals surface area (Å²) in [5.74, 6) is -0.314. The first-order chi connectivity index (χ1) is 16.4. The molecule has 0 bridgehead atoms. The van der Waals surface area contributed by atoms with Gasteiger partial charge in [-0.2, -0.15) is 0 Å². The number of carbonyl (C=O) groups is 1. The van der Waals surface area contributed by atoms with Gasteiger partial charge in [-0.25, -0.2) is 4.79 Å². The Hall–Kier alpha value is -0.296. The molecule has 0 spiro atoms. The van der Waals surface area contributed by atoms with Gasteiger partial charge < -0.3 is 22.8 Å². The zero-order valence-electron chi connectivity index (χ0n) is 24.7. The molecule has 0 fully saturated rings. The second kappa shape index (κ2) is 17.3. The van der Waals surface area contributed by atoms with Gasteiger partial charge in [-0.05, 0) is 41.9 Å². The van der Waals surface area contributed by atoms with Crippen molar-refractivity contribution >= 4 is 23.1 Å². The van der Waals surface area contributed by atoms with Crippen LogP contribution in [0.4, 0.5) is 0 Å². The van der Waals surface area contributed by atoms with Gasteiger partial charge in [-0.15, -0.1) is 0 Å². The van der Waals surface area contributed by atoms with Crippen LogP contribution in [0.15, 0.2) is 0 Å². The highest BCUT2D eigenvalue weighted by molar-refractivity contribution is 6.77. The summed E-state index contributed by atoms with van der Waals surface area (Å²) in [6.07, 6.45) is 4.61. The van der Waals surface area contributed by atoms with E-state index >= 15 is 0 Å². The molecule has 0 heterocycles. The first-order valence-electron chi connectivity index (χ1n) is 13.7. The second-order valence-corrected chi connectivity index (χ2v) is 19.3. The van der Waals surface area contributed by atoms with Crippen LogP contribution >= 0.6 is 0 Å². The third-order valence-electron chi connectivity index (χ3n) is 7.70. The fraction of sp³-hybridized carbons (Fsp3) is 0.962. The van der Waals surface area contributed by atoms with Crippen molar-refractivity contribution in [2.24, 2.45) is 5.92 Å². The zero-order chi connectivity index (χ0) is 27.2. The molecule has 0 amide bonds. The number of rotatable bonds is 21. The lowest BCUT2D eigenvalue weighted by molar-refractivity contribution is -0.146. The van der Waals surface area contributed by atoms with E-state index in [-0.39, 0.29) is 0 Å². The Morgan fingerprint density at radius 1 is 0.857 bits per heavy atom. The maximum Gasteiger partial charge on any atom is 0.500 e. The van der Waals surface area contributed by atoms with Gasteiger partial charge in [0.25, 0.3) is 0 Å². The van der Waals surface area contributed by atoms with Gasteiger partial charge in [0.05, 0.1) is 0 Å². The summed E-state index contributed by atoms with van der Waals surface area (Å²) in [7, 11) is -0.0862. The topological polar surface area (TPSA) is 77.5 Å². The summed E-state index contributed by atoms with van der Waals surface area (Å²) in [6, 6.07) is 0.694. The number of unbranched alkanes of at least 4 members (excludes halogenated alkanes) is 1. The minimum atomic E-state index is -2.67. The van der Waals surface area contributed by atoms with Crippen LogP contribution in [0.3, 0.4) is 0 Å². The highest BCUT2D eigenvalue weighted by Crippen LogP contribution is 2.43. The van der Waals surface area contributed by atoms with Crippen LogP contribution in [0.1, 0.15) is 87.5 Å². The lowest BCUT2D eigenvalue weighted by atomic mass is 9.98. The van der Waals surface area contributed by atoms with Gasteiger partial charge in [0.15, 0.2) is 6.10 Å². The SMILES string of the molecule is CCCCC(CC)CN(CCC[Si](OC)(OC)OC)CC(O[Si](C(C)C)(C(C)C)C(C)C)C(=O)O. The molecule has 0 saturated carbocycles. The minimum Gasteiger partial charge on any atom is -0.479 e. The van der Waals surface area contributed by atoms with Crippen molar-refractivity contribution in [3.05, 3.63) is 0 Å². The molecule has 0 aliphatic rings. The molecule has 2 atom stereocenters. The van der Waals surface area contributed by atoms with Crippen LogP contribution in [0.5, 0.6) is 0 Å². The summed E-state index contributed by atoms with van der Waals surface area (Å²) < 4.78 is 23.6. The van der Waals surface area contributed by atoms with Crippen molar-refractivity contribution in [1.29, 1.82) is 0 Å². The van der Waals surface area contributed by atoms with Gasteiger partial charge in [0.1, 0.15) is 0 Å². The number of carboxylic acid groups (broad SMARTS) is 1. The molecule has 0 aromatic rings. The van der Waals surface area contributed by atoms with Crippen LogP contribution in [-0.2, 0) is 22.5 Å². The summed E-state index contributed by atoms with van der Waals surface area (Å²) in [6.45, 7) is 19.7. The van der Waals surface area contributed by atoms with E-state index < -0.39 is 29.2 Å². The van der Waals surface area contributed by atoms with E-state index in [0.717, 1.165) is 32.4 Å². The maximum atomic E-state index is 12.5. The van der Waals surface area contributed by atoms with Gasteiger partial charge in [-0.1, -0.05) is 74.7 Å². The quantitative estimate of drug-likeness (QED) is 0.170. The van der Waals surface area contributed by atoms with Crippen LogP contribution < -0.4 is 0 Å². The Morgan fingerprint density at radius 2 is 1.37 bits per heavy atom. The Balaban J connectivity index is 5.83. The van der Waals surface area contributed by atoms with Gasteiger partial charge in [0.2, 0.25) is 8.32 Å². The van der Waals surface area contributed by atoms with E-state index in [1.54, 1.807) is 21.3 Å². The molecule has 35 heavy (non-hydrogen) atoms.